The Hall–Kier alpha value is -1.18. The Morgan fingerprint density at radius 2 is 2.06 bits per heavy atom. The van der Waals surface area contributed by atoms with Crippen LogP contribution in [0.3, 0.4) is 0 Å². The van der Waals surface area contributed by atoms with Gasteiger partial charge in [0, 0.05) is 18.2 Å². The topological polar surface area (TPSA) is 21.3 Å². The van der Waals surface area contributed by atoms with Crippen LogP contribution in [0.25, 0.3) is 0 Å². The monoisotopic (exact) mass is 245 g/mol. The fourth-order valence-electron chi connectivity index (χ4n) is 3.29. The summed E-state index contributed by atoms with van der Waals surface area (Å²) in [6, 6.07) is 7.12. The number of fused-ring (bicyclic) bond motifs is 1. The smallest absolute Gasteiger partial charge is 0.122 e. The third-order valence-corrected chi connectivity index (χ3v) is 4.44. The molecule has 3 rings (SSSR count). The summed E-state index contributed by atoms with van der Waals surface area (Å²) in [5, 5.41) is 3.69. The Morgan fingerprint density at radius 3 is 2.89 bits per heavy atom. The van der Waals surface area contributed by atoms with Gasteiger partial charge in [-0.25, -0.2) is 0 Å². The first-order valence-electron chi connectivity index (χ1n) is 7.35. The molecular weight excluding hydrogens is 222 g/mol. The first-order valence-corrected chi connectivity index (χ1v) is 7.35. The molecule has 2 heteroatoms. The minimum Gasteiger partial charge on any atom is -0.493 e. The number of benzene rings is 1. The van der Waals surface area contributed by atoms with Crippen LogP contribution in [0.15, 0.2) is 18.2 Å². The highest BCUT2D eigenvalue weighted by Crippen LogP contribution is 2.31. The quantitative estimate of drug-likeness (QED) is 0.869. The summed E-state index contributed by atoms with van der Waals surface area (Å²) in [7, 11) is 0. The zero-order valence-electron chi connectivity index (χ0n) is 11.2. The lowest BCUT2D eigenvalue weighted by Crippen LogP contribution is -2.27. The van der Waals surface area contributed by atoms with Gasteiger partial charge in [0.25, 0.3) is 0 Å². The Kier molecular flexibility index (Phi) is 3.44. The van der Waals surface area contributed by atoms with Crippen molar-refractivity contribution in [2.45, 2.75) is 51.5 Å². The first-order chi connectivity index (χ1) is 8.83. The molecule has 0 aromatic heterocycles. The standard InChI is InChI=1S/C16H23NO/c1-12(13-5-3-2-4-6-13)17-15-7-8-16-14(11-15)9-10-18-16/h7-8,11-13,17H,2-6,9-10H2,1H3. The summed E-state index contributed by atoms with van der Waals surface area (Å²) >= 11 is 0. The van der Waals surface area contributed by atoms with Crippen LogP contribution >= 0.6 is 0 Å². The van der Waals surface area contributed by atoms with E-state index in [4.69, 9.17) is 4.74 Å². The van der Waals surface area contributed by atoms with Crippen LogP contribution in [0.5, 0.6) is 5.75 Å². The van der Waals surface area contributed by atoms with Crippen LogP contribution in [-0.2, 0) is 6.42 Å². The summed E-state index contributed by atoms with van der Waals surface area (Å²) in [6.07, 6.45) is 8.09. The molecule has 1 N–H and O–H groups in total. The molecule has 98 valence electrons. The van der Waals surface area contributed by atoms with Crippen LogP contribution in [0.2, 0.25) is 0 Å². The molecule has 1 aliphatic heterocycles. The van der Waals surface area contributed by atoms with Gasteiger partial charge in [0.2, 0.25) is 0 Å². The van der Waals surface area contributed by atoms with E-state index in [-0.39, 0.29) is 0 Å². The molecular formula is C16H23NO. The van der Waals surface area contributed by atoms with Crippen LogP contribution in [-0.4, -0.2) is 12.6 Å². The summed E-state index contributed by atoms with van der Waals surface area (Å²) in [4.78, 5) is 0. The van der Waals surface area contributed by atoms with E-state index in [1.54, 1.807) is 0 Å². The van der Waals surface area contributed by atoms with Gasteiger partial charge >= 0.3 is 0 Å². The van der Waals surface area contributed by atoms with E-state index in [0.717, 1.165) is 24.7 Å². The van der Waals surface area contributed by atoms with Crippen LogP contribution in [0.4, 0.5) is 5.69 Å². The minimum atomic E-state index is 0.589. The van der Waals surface area contributed by atoms with Crippen LogP contribution in [0.1, 0.15) is 44.6 Å². The maximum Gasteiger partial charge on any atom is 0.122 e. The van der Waals surface area contributed by atoms with E-state index < -0.39 is 0 Å². The van der Waals surface area contributed by atoms with Gasteiger partial charge in [-0.2, -0.15) is 0 Å². The van der Waals surface area contributed by atoms with E-state index in [1.807, 2.05) is 0 Å². The van der Waals surface area contributed by atoms with Gasteiger partial charge in [-0.3, -0.25) is 0 Å². The lowest BCUT2D eigenvalue weighted by molar-refractivity contribution is 0.328. The Balaban J connectivity index is 1.64. The molecule has 1 atom stereocenters. The molecule has 1 heterocycles. The van der Waals surface area contributed by atoms with Crippen molar-refractivity contribution in [3.63, 3.8) is 0 Å². The lowest BCUT2D eigenvalue weighted by atomic mass is 9.84. The predicted octanol–water partition coefficient (Wildman–Crippen LogP) is 4.00. The average molecular weight is 245 g/mol. The van der Waals surface area contributed by atoms with Crippen LogP contribution < -0.4 is 10.1 Å². The van der Waals surface area contributed by atoms with Crippen molar-refractivity contribution in [1.82, 2.24) is 0 Å². The van der Waals surface area contributed by atoms with Gasteiger partial charge in [-0.15, -0.1) is 0 Å². The number of anilines is 1. The van der Waals surface area contributed by atoms with E-state index in [2.05, 4.69) is 30.4 Å². The number of hydrogen-bond donors (Lipinski definition) is 1. The maximum absolute atomic E-state index is 5.55. The molecule has 0 radical (unpaired) electrons. The normalized spacial score (nSPS) is 21.2. The molecule has 2 aliphatic rings. The SMILES string of the molecule is CC(Nc1ccc2c(c1)CCO2)C1CCCCC1. The molecule has 0 spiro atoms. The second-order valence-electron chi connectivity index (χ2n) is 5.75. The molecule has 0 saturated heterocycles. The number of nitrogens with one attached hydrogen (secondary N) is 1. The van der Waals surface area contributed by atoms with Crippen molar-refractivity contribution < 1.29 is 4.74 Å². The highest BCUT2D eigenvalue weighted by Gasteiger charge is 2.20. The Labute approximate surface area is 110 Å². The van der Waals surface area contributed by atoms with E-state index >= 15 is 0 Å². The third-order valence-electron chi connectivity index (χ3n) is 4.44. The molecule has 1 saturated carbocycles. The summed E-state index contributed by atoms with van der Waals surface area (Å²) < 4.78 is 5.55. The first kappa shape index (κ1) is 11.9. The second kappa shape index (κ2) is 5.21. The van der Waals surface area contributed by atoms with Gasteiger partial charge in [-0.1, -0.05) is 19.3 Å². The van der Waals surface area contributed by atoms with Gasteiger partial charge in [0.15, 0.2) is 0 Å². The second-order valence-corrected chi connectivity index (χ2v) is 5.75. The van der Waals surface area contributed by atoms with E-state index in [1.165, 1.54) is 43.4 Å². The molecule has 2 nitrogen and oxygen atoms in total. The Bertz CT molecular complexity index is 410. The minimum absolute atomic E-state index is 0.589. The zero-order valence-corrected chi connectivity index (χ0v) is 11.2. The molecule has 0 amide bonds. The summed E-state index contributed by atoms with van der Waals surface area (Å²) in [5.74, 6) is 1.93. The van der Waals surface area contributed by atoms with Crippen molar-refractivity contribution in [3.05, 3.63) is 23.8 Å². The molecule has 1 aliphatic carbocycles. The fourth-order valence-corrected chi connectivity index (χ4v) is 3.29. The molecule has 18 heavy (non-hydrogen) atoms. The van der Waals surface area contributed by atoms with Crippen molar-refractivity contribution >= 4 is 5.69 Å². The molecule has 1 aromatic carbocycles. The molecule has 1 unspecified atom stereocenters. The number of ether oxygens (including phenoxy) is 1. The van der Waals surface area contributed by atoms with Gasteiger partial charge < -0.3 is 10.1 Å². The number of rotatable bonds is 3. The average Bonchev–Trinajstić information content (AvgIpc) is 2.87. The molecule has 0 bridgehead atoms. The predicted molar refractivity (Wildman–Crippen MR) is 75.3 cm³/mol. The molecule has 1 fully saturated rings. The fraction of sp³-hybridized carbons (Fsp3) is 0.625. The third kappa shape index (κ3) is 2.47. The van der Waals surface area contributed by atoms with Gasteiger partial charge in [-0.05, 0) is 49.4 Å². The molecule has 1 aromatic rings. The van der Waals surface area contributed by atoms with Crippen molar-refractivity contribution in [1.29, 1.82) is 0 Å². The van der Waals surface area contributed by atoms with E-state index in [0.29, 0.717) is 6.04 Å². The zero-order chi connectivity index (χ0) is 12.4. The summed E-state index contributed by atoms with van der Waals surface area (Å²) in [6.45, 7) is 3.18. The van der Waals surface area contributed by atoms with Gasteiger partial charge in [0.05, 0.1) is 6.61 Å². The largest absolute Gasteiger partial charge is 0.493 e. The van der Waals surface area contributed by atoms with Crippen molar-refractivity contribution in [2.75, 3.05) is 11.9 Å². The highest BCUT2D eigenvalue weighted by molar-refractivity contribution is 5.52. The van der Waals surface area contributed by atoms with Crippen molar-refractivity contribution in [2.24, 2.45) is 5.92 Å². The highest BCUT2D eigenvalue weighted by atomic mass is 16.5. The van der Waals surface area contributed by atoms with Crippen LogP contribution in [0, 0.1) is 5.92 Å². The van der Waals surface area contributed by atoms with E-state index in [9.17, 15) is 0 Å². The lowest BCUT2D eigenvalue weighted by Gasteiger charge is -2.29. The maximum atomic E-state index is 5.55. The number of hydrogen-bond acceptors (Lipinski definition) is 2. The van der Waals surface area contributed by atoms with Crippen molar-refractivity contribution in [3.8, 4) is 5.75 Å². The Morgan fingerprint density at radius 1 is 1.22 bits per heavy atom. The van der Waals surface area contributed by atoms with Gasteiger partial charge in [0.1, 0.15) is 5.75 Å². The summed E-state index contributed by atoms with van der Waals surface area (Å²) in [5.41, 5.74) is 2.62.